The number of benzene rings is 1. The average Bonchev–Trinajstić information content (AvgIpc) is 2.52. The molecule has 0 fully saturated rings. The molecule has 2 aromatic rings. The molecule has 1 heterocycles. The minimum absolute atomic E-state index is 0.972. The molecule has 112 valence electrons. The maximum absolute atomic E-state index is 2.41. The molecule has 0 saturated heterocycles. The molecule has 0 saturated carbocycles. The fourth-order valence-corrected chi connectivity index (χ4v) is 2.70. The summed E-state index contributed by atoms with van der Waals surface area (Å²) in [5.74, 6) is 0. The van der Waals surface area contributed by atoms with Crippen LogP contribution in [0.5, 0.6) is 0 Å². The summed E-state index contributed by atoms with van der Waals surface area (Å²) < 4.78 is 2.37. The molecule has 1 heteroatoms. The Bertz CT molecular complexity index is 505. The van der Waals surface area contributed by atoms with Gasteiger partial charge in [0.1, 0.15) is 0 Å². The Labute approximate surface area is 129 Å². The number of rotatable bonds is 8. The third-order valence-electron chi connectivity index (χ3n) is 3.88. The lowest BCUT2D eigenvalue weighted by atomic mass is 10.0. The van der Waals surface area contributed by atoms with Gasteiger partial charge in [-0.05, 0) is 31.7 Å². The number of hydrogen-bond donors (Lipinski definition) is 0. The Morgan fingerprint density at radius 2 is 1.33 bits per heavy atom. The molecule has 1 aromatic heterocycles. The molecule has 0 N–H and O–H groups in total. The van der Waals surface area contributed by atoms with E-state index < -0.39 is 0 Å². The van der Waals surface area contributed by atoms with Crippen LogP contribution in [-0.4, -0.2) is 0 Å². The molecule has 0 amide bonds. The summed E-state index contributed by atoms with van der Waals surface area (Å²) >= 11 is 0. The van der Waals surface area contributed by atoms with Gasteiger partial charge < -0.3 is 0 Å². The van der Waals surface area contributed by atoms with Gasteiger partial charge in [0.15, 0.2) is 18.9 Å². The predicted molar refractivity (Wildman–Crippen MR) is 89.4 cm³/mol. The first-order valence-electron chi connectivity index (χ1n) is 8.37. The van der Waals surface area contributed by atoms with Crippen LogP contribution in [0.3, 0.4) is 0 Å². The summed E-state index contributed by atoms with van der Waals surface area (Å²) in [5, 5.41) is 0. The number of hydrogen-bond acceptors (Lipinski definition) is 0. The molecule has 1 aromatic carbocycles. The number of pyridine rings is 1. The van der Waals surface area contributed by atoms with Gasteiger partial charge in [-0.25, -0.2) is 4.57 Å². The van der Waals surface area contributed by atoms with E-state index in [0.29, 0.717) is 0 Å². The number of aromatic nitrogens is 1. The van der Waals surface area contributed by atoms with Gasteiger partial charge in [-0.15, -0.1) is 0 Å². The van der Waals surface area contributed by atoms with E-state index in [9.17, 15) is 0 Å². The summed E-state index contributed by atoms with van der Waals surface area (Å²) in [4.78, 5) is 0. The smallest absolute Gasteiger partial charge is 0.173 e. The molecule has 1 nitrogen and oxygen atoms in total. The van der Waals surface area contributed by atoms with Crippen molar-refractivity contribution in [1.29, 1.82) is 0 Å². The third kappa shape index (κ3) is 5.34. The third-order valence-corrected chi connectivity index (χ3v) is 3.88. The van der Waals surface area contributed by atoms with Crippen LogP contribution >= 0.6 is 0 Å². The Morgan fingerprint density at radius 1 is 0.762 bits per heavy atom. The fourth-order valence-electron chi connectivity index (χ4n) is 2.70. The lowest BCUT2D eigenvalue weighted by molar-refractivity contribution is -0.689. The minimum atomic E-state index is 0.972. The van der Waals surface area contributed by atoms with Crippen molar-refractivity contribution in [2.24, 2.45) is 0 Å². The normalized spacial score (nSPS) is 10.8. The van der Waals surface area contributed by atoms with E-state index in [1.807, 2.05) is 0 Å². The number of unbranched alkanes of at least 4 members (excludes halogenated alkanes) is 2. The van der Waals surface area contributed by atoms with Gasteiger partial charge in [0.2, 0.25) is 0 Å². The van der Waals surface area contributed by atoms with E-state index in [-0.39, 0.29) is 0 Å². The monoisotopic (exact) mass is 282 g/mol. The predicted octanol–water partition coefficient (Wildman–Crippen LogP) is 4.71. The van der Waals surface area contributed by atoms with Crippen LogP contribution in [0, 0.1) is 0 Å². The molecule has 0 radical (unpaired) electrons. The van der Waals surface area contributed by atoms with E-state index in [4.69, 9.17) is 0 Å². The van der Waals surface area contributed by atoms with Crippen molar-refractivity contribution in [2.45, 2.75) is 58.9 Å². The van der Waals surface area contributed by atoms with Gasteiger partial charge >= 0.3 is 0 Å². The molecule has 2 rings (SSSR count). The molecule has 0 aliphatic carbocycles. The number of nitrogens with zero attached hydrogens (tertiary/aromatic N) is 1. The first-order valence-corrected chi connectivity index (χ1v) is 8.37. The van der Waals surface area contributed by atoms with Gasteiger partial charge in [0.25, 0.3) is 0 Å². The van der Waals surface area contributed by atoms with Crippen molar-refractivity contribution in [1.82, 2.24) is 0 Å². The largest absolute Gasteiger partial charge is 0.200 e. The lowest BCUT2D eigenvalue weighted by Crippen LogP contribution is -2.34. The molecule has 0 atom stereocenters. The Morgan fingerprint density at radius 3 is 1.86 bits per heavy atom. The first kappa shape index (κ1) is 15.8. The van der Waals surface area contributed by atoms with Gasteiger partial charge in [0.05, 0.1) is 0 Å². The highest BCUT2D eigenvalue weighted by Crippen LogP contribution is 2.09. The molecule has 0 aliphatic heterocycles. The van der Waals surface area contributed by atoms with Crippen molar-refractivity contribution in [3.63, 3.8) is 0 Å². The van der Waals surface area contributed by atoms with Crippen molar-refractivity contribution in [3.05, 3.63) is 65.5 Å². The fraction of sp³-hybridized carbons (Fsp3) is 0.450. The van der Waals surface area contributed by atoms with E-state index in [0.717, 1.165) is 6.54 Å². The van der Waals surface area contributed by atoms with E-state index >= 15 is 0 Å². The second kappa shape index (κ2) is 8.61. The maximum Gasteiger partial charge on any atom is 0.173 e. The SMILES string of the molecule is CCCCc1cc(CCCC)c[n+](Cc2ccccc2)c1. The molecule has 0 spiro atoms. The van der Waals surface area contributed by atoms with Crippen LogP contribution in [0.4, 0.5) is 0 Å². The summed E-state index contributed by atoms with van der Waals surface area (Å²) in [6.07, 6.45) is 12.1. The summed E-state index contributed by atoms with van der Waals surface area (Å²) in [7, 11) is 0. The quantitative estimate of drug-likeness (QED) is 0.617. The zero-order valence-corrected chi connectivity index (χ0v) is 13.5. The second-order valence-corrected chi connectivity index (χ2v) is 5.92. The van der Waals surface area contributed by atoms with Crippen LogP contribution in [0.1, 0.15) is 56.2 Å². The average molecular weight is 282 g/mol. The summed E-state index contributed by atoms with van der Waals surface area (Å²) in [6.45, 7) is 5.50. The first-order chi connectivity index (χ1) is 10.3. The van der Waals surface area contributed by atoms with Crippen molar-refractivity contribution >= 4 is 0 Å². The minimum Gasteiger partial charge on any atom is -0.200 e. The standard InChI is InChI=1S/C20H28N/c1-3-5-10-19-14-20(11-6-4-2)17-21(16-19)15-18-12-8-7-9-13-18/h7-9,12-14,16-17H,3-6,10-11,15H2,1-2H3/q+1. The lowest BCUT2D eigenvalue weighted by Gasteiger charge is -2.05. The molecule has 0 unspecified atom stereocenters. The summed E-state index contributed by atoms with van der Waals surface area (Å²) in [5.41, 5.74) is 4.35. The van der Waals surface area contributed by atoms with Gasteiger partial charge in [-0.2, -0.15) is 0 Å². The number of aryl methyl sites for hydroxylation is 2. The van der Waals surface area contributed by atoms with Crippen molar-refractivity contribution in [2.75, 3.05) is 0 Å². The van der Waals surface area contributed by atoms with Gasteiger partial charge in [-0.1, -0.05) is 57.0 Å². The highest BCUT2D eigenvalue weighted by atomic mass is 14.9. The highest BCUT2D eigenvalue weighted by Gasteiger charge is 2.08. The highest BCUT2D eigenvalue weighted by molar-refractivity contribution is 5.17. The zero-order valence-electron chi connectivity index (χ0n) is 13.5. The van der Waals surface area contributed by atoms with Crippen molar-refractivity contribution < 1.29 is 4.57 Å². The van der Waals surface area contributed by atoms with Crippen molar-refractivity contribution in [3.8, 4) is 0 Å². The van der Waals surface area contributed by atoms with Crippen LogP contribution in [0.2, 0.25) is 0 Å². The Hall–Kier alpha value is -1.63. The van der Waals surface area contributed by atoms with E-state index in [1.54, 1.807) is 0 Å². The molecule has 0 aliphatic rings. The van der Waals surface area contributed by atoms with Crippen LogP contribution in [0.15, 0.2) is 48.8 Å². The van der Waals surface area contributed by atoms with Crippen LogP contribution in [-0.2, 0) is 19.4 Å². The Balaban J connectivity index is 2.17. The van der Waals surface area contributed by atoms with Gasteiger partial charge in [-0.3, -0.25) is 0 Å². The van der Waals surface area contributed by atoms with Crippen LogP contribution < -0.4 is 4.57 Å². The topological polar surface area (TPSA) is 3.88 Å². The second-order valence-electron chi connectivity index (χ2n) is 5.92. The molecule has 21 heavy (non-hydrogen) atoms. The van der Waals surface area contributed by atoms with Crippen LogP contribution in [0.25, 0.3) is 0 Å². The van der Waals surface area contributed by atoms with Gasteiger partial charge in [0, 0.05) is 16.7 Å². The maximum atomic E-state index is 2.41. The molecule has 0 bridgehead atoms. The zero-order chi connectivity index (χ0) is 14.9. The molecular weight excluding hydrogens is 254 g/mol. The molecular formula is C20H28N+. The Kier molecular flexibility index (Phi) is 6.46. The summed E-state index contributed by atoms with van der Waals surface area (Å²) in [6, 6.07) is 13.1. The van der Waals surface area contributed by atoms with E-state index in [2.05, 4.69) is 67.2 Å². The van der Waals surface area contributed by atoms with E-state index in [1.165, 1.54) is 55.2 Å².